The molecule has 0 saturated carbocycles. The van der Waals surface area contributed by atoms with E-state index in [-0.39, 0.29) is 0 Å². The van der Waals surface area contributed by atoms with Crippen LogP contribution in [0.3, 0.4) is 0 Å². The highest BCUT2D eigenvalue weighted by Crippen LogP contribution is 2.27. The topological polar surface area (TPSA) is 9.23 Å². The SMILES string of the molecule is CC#CCCOc1cc(Cl)ccc1Cl. The Balaban J connectivity index is 2.56. The van der Waals surface area contributed by atoms with Crippen LogP contribution in [0.4, 0.5) is 0 Å². The number of hydrogen-bond donors (Lipinski definition) is 0. The Hall–Kier alpha value is -0.840. The summed E-state index contributed by atoms with van der Waals surface area (Å²) in [5.41, 5.74) is 0. The first-order valence-corrected chi connectivity index (χ1v) is 4.97. The Morgan fingerprint density at radius 2 is 2.14 bits per heavy atom. The summed E-state index contributed by atoms with van der Waals surface area (Å²) in [6.07, 6.45) is 0.694. The van der Waals surface area contributed by atoms with Crippen LogP contribution in [0, 0.1) is 11.8 Å². The van der Waals surface area contributed by atoms with Crippen LogP contribution < -0.4 is 4.74 Å². The molecule has 3 heteroatoms. The van der Waals surface area contributed by atoms with Gasteiger partial charge in [0, 0.05) is 17.5 Å². The zero-order valence-corrected chi connectivity index (χ0v) is 9.32. The van der Waals surface area contributed by atoms with Gasteiger partial charge in [0.05, 0.1) is 11.6 Å². The molecule has 0 aliphatic heterocycles. The Kier molecular flexibility index (Phi) is 4.65. The maximum Gasteiger partial charge on any atom is 0.139 e. The molecule has 0 heterocycles. The first kappa shape index (κ1) is 11.2. The van der Waals surface area contributed by atoms with Crippen LogP contribution in [0.15, 0.2) is 18.2 Å². The standard InChI is InChI=1S/C11H10Cl2O/c1-2-3-4-7-14-11-8-9(12)5-6-10(11)13/h5-6,8H,4,7H2,1H3. The minimum absolute atomic E-state index is 0.529. The third kappa shape index (κ3) is 3.49. The van der Waals surface area contributed by atoms with Crippen LogP contribution in [0.25, 0.3) is 0 Å². The molecule has 0 unspecified atom stereocenters. The van der Waals surface area contributed by atoms with Crippen LogP contribution in [0.2, 0.25) is 10.0 Å². The van der Waals surface area contributed by atoms with Crippen LogP contribution in [0.5, 0.6) is 5.75 Å². The van der Waals surface area contributed by atoms with Gasteiger partial charge in [0.25, 0.3) is 0 Å². The molecular formula is C11H10Cl2O. The number of rotatable bonds is 3. The molecule has 0 saturated heterocycles. The average Bonchev–Trinajstić information content (AvgIpc) is 2.18. The Bertz CT molecular complexity index is 363. The number of halogens is 2. The smallest absolute Gasteiger partial charge is 0.139 e. The Morgan fingerprint density at radius 1 is 1.36 bits per heavy atom. The van der Waals surface area contributed by atoms with Gasteiger partial charge in [-0.05, 0) is 19.1 Å². The van der Waals surface area contributed by atoms with Gasteiger partial charge in [-0.3, -0.25) is 0 Å². The molecule has 0 N–H and O–H groups in total. The molecule has 0 radical (unpaired) electrons. The predicted octanol–water partition coefficient (Wildman–Crippen LogP) is 3.79. The molecule has 1 aromatic carbocycles. The lowest BCUT2D eigenvalue weighted by Gasteiger charge is -2.05. The lowest BCUT2D eigenvalue weighted by molar-refractivity contribution is 0.327. The summed E-state index contributed by atoms with van der Waals surface area (Å²) in [6, 6.07) is 5.14. The second-order valence-electron chi connectivity index (χ2n) is 2.60. The van der Waals surface area contributed by atoms with E-state index in [2.05, 4.69) is 11.8 Å². The zero-order chi connectivity index (χ0) is 10.4. The van der Waals surface area contributed by atoms with E-state index < -0.39 is 0 Å². The van der Waals surface area contributed by atoms with Crippen molar-refractivity contribution in [3.05, 3.63) is 28.2 Å². The first-order chi connectivity index (χ1) is 6.74. The number of ether oxygens (including phenoxy) is 1. The molecular weight excluding hydrogens is 219 g/mol. The van der Waals surface area contributed by atoms with Crippen molar-refractivity contribution < 1.29 is 4.74 Å². The summed E-state index contributed by atoms with van der Waals surface area (Å²) in [6.45, 7) is 2.33. The normalized spacial score (nSPS) is 9.07. The summed E-state index contributed by atoms with van der Waals surface area (Å²) in [5, 5.41) is 1.19. The Labute approximate surface area is 94.0 Å². The second kappa shape index (κ2) is 5.80. The van der Waals surface area contributed by atoms with Crippen LogP contribution >= 0.6 is 23.2 Å². The number of hydrogen-bond acceptors (Lipinski definition) is 1. The fourth-order valence-corrected chi connectivity index (χ4v) is 1.26. The van der Waals surface area contributed by atoms with Crippen molar-refractivity contribution in [2.45, 2.75) is 13.3 Å². The van der Waals surface area contributed by atoms with Gasteiger partial charge in [0.2, 0.25) is 0 Å². The van der Waals surface area contributed by atoms with Crippen LogP contribution in [-0.2, 0) is 0 Å². The van der Waals surface area contributed by atoms with Gasteiger partial charge in [-0.15, -0.1) is 11.8 Å². The molecule has 0 spiro atoms. The van der Waals surface area contributed by atoms with E-state index in [1.54, 1.807) is 25.1 Å². The summed E-state index contributed by atoms with van der Waals surface area (Å²) in [5.74, 6) is 6.30. The highest BCUT2D eigenvalue weighted by Gasteiger charge is 2.01. The summed E-state index contributed by atoms with van der Waals surface area (Å²) in [4.78, 5) is 0. The maximum absolute atomic E-state index is 5.89. The lowest BCUT2D eigenvalue weighted by Crippen LogP contribution is -1.96. The van der Waals surface area contributed by atoms with E-state index >= 15 is 0 Å². The second-order valence-corrected chi connectivity index (χ2v) is 3.44. The molecule has 74 valence electrons. The molecule has 0 fully saturated rings. The largest absolute Gasteiger partial charge is 0.491 e. The summed E-state index contributed by atoms with van der Waals surface area (Å²) in [7, 11) is 0. The minimum Gasteiger partial charge on any atom is -0.491 e. The van der Waals surface area contributed by atoms with Gasteiger partial charge in [-0.1, -0.05) is 23.2 Å². The van der Waals surface area contributed by atoms with E-state index in [9.17, 15) is 0 Å². The van der Waals surface area contributed by atoms with Crippen molar-refractivity contribution >= 4 is 23.2 Å². The average molecular weight is 229 g/mol. The van der Waals surface area contributed by atoms with Gasteiger partial charge in [-0.25, -0.2) is 0 Å². The predicted molar refractivity (Wildman–Crippen MR) is 60.0 cm³/mol. The van der Waals surface area contributed by atoms with E-state index in [4.69, 9.17) is 27.9 Å². The lowest BCUT2D eigenvalue weighted by atomic mass is 10.3. The van der Waals surface area contributed by atoms with Gasteiger partial charge in [-0.2, -0.15) is 0 Å². The molecule has 14 heavy (non-hydrogen) atoms. The maximum atomic E-state index is 5.89. The van der Waals surface area contributed by atoms with Gasteiger partial charge in [0.1, 0.15) is 5.75 Å². The summed E-state index contributed by atoms with van der Waals surface area (Å²) >= 11 is 11.7. The van der Waals surface area contributed by atoms with Crippen molar-refractivity contribution in [3.8, 4) is 17.6 Å². The first-order valence-electron chi connectivity index (χ1n) is 4.21. The van der Waals surface area contributed by atoms with Crippen molar-refractivity contribution in [3.63, 3.8) is 0 Å². The molecule has 0 amide bonds. The Morgan fingerprint density at radius 3 is 2.86 bits per heavy atom. The third-order valence-electron chi connectivity index (χ3n) is 1.55. The van der Waals surface area contributed by atoms with Gasteiger partial charge < -0.3 is 4.74 Å². The molecule has 0 atom stereocenters. The highest BCUT2D eigenvalue weighted by molar-refractivity contribution is 6.34. The van der Waals surface area contributed by atoms with E-state index in [1.807, 2.05) is 0 Å². The van der Waals surface area contributed by atoms with E-state index in [0.717, 1.165) is 0 Å². The zero-order valence-electron chi connectivity index (χ0n) is 7.81. The van der Waals surface area contributed by atoms with Crippen molar-refractivity contribution in [1.29, 1.82) is 0 Å². The van der Waals surface area contributed by atoms with Crippen molar-refractivity contribution in [2.24, 2.45) is 0 Å². The van der Waals surface area contributed by atoms with Crippen LogP contribution in [0.1, 0.15) is 13.3 Å². The highest BCUT2D eigenvalue weighted by atomic mass is 35.5. The molecule has 0 bridgehead atoms. The number of benzene rings is 1. The fraction of sp³-hybridized carbons (Fsp3) is 0.273. The molecule has 1 nitrogen and oxygen atoms in total. The monoisotopic (exact) mass is 228 g/mol. The van der Waals surface area contributed by atoms with Gasteiger partial charge >= 0.3 is 0 Å². The van der Waals surface area contributed by atoms with Crippen LogP contribution in [-0.4, -0.2) is 6.61 Å². The molecule has 1 aromatic rings. The third-order valence-corrected chi connectivity index (χ3v) is 2.10. The van der Waals surface area contributed by atoms with Crippen molar-refractivity contribution in [1.82, 2.24) is 0 Å². The van der Waals surface area contributed by atoms with E-state index in [1.165, 1.54) is 0 Å². The molecule has 0 aliphatic carbocycles. The van der Waals surface area contributed by atoms with E-state index in [0.29, 0.717) is 28.8 Å². The van der Waals surface area contributed by atoms with Crippen molar-refractivity contribution in [2.75, 3.05) is 6.61 Å². The quantitative estimate of drug-likeness (QED) is 0.566. The minimum atomic E-state index is 0.529. The summed E-state index contributed by atoms with van der Waals surface area (Å²) < 4.78 is 5.40. The molecule has 0 aliphatic rings. The van der Waals surface area contributed by atoms with Gasteiger partial charge in [0.15, 0.2) is 0 Å². The molecule has 0 aromatic heterocycles. The molecule has 1 rings (SSSR count). The fourth-order valence-electron chi connectivity index (χ4n) is 0.925.